The molecule has 1 fully saturated rings. The van der Waals surface area contributed by atoms with Crippen LogP contribution in [0.2, 0.25) is 5.02 Å². The van der Waals surface area contributed by atoms with Gasteiger partial charge < -0.3 is 15.0 Å². The van der Waals surface area contributed by atoms with E-state index in [1.807, 2.05) is 0 Å². The van der Waals surface area contributed by atoms with Gasteiger partial charge in [0.15, 0.2) is 5.82 Å². The van der Waals surface area contributed by atoms with Crippen molar-refractivity contribution in [2.75, 3.05) is 31.6 Å². The monoisotopic (exact) mass is 418 g/mol. The van der Waals surface area contributed by atoms with Crippen LogP contribution in [0, 0.1) is 18.6 Å². The van der Waals surface area contributed by atoms with E-state index in [0.717, 1.165) is 19.6 Å². The van der Waals surface area contributed by atoms with Crippen LogP contribution in [0.3, 0.4) is 0 Å². The molecule has 1 aliphatic rings. The van der Waals surface area contributed by atoms with Gasteiger partial charge in [-0.1, -0.05) is 17.7 Å². The maximum absolute atomic E-state index is 15.7. The molecule has 0 radical (unpaired) electrons. The van der Waals surface area contributed by atoms with Crippen molar-refractivity contribution in [1.29, 1.82) is 0 Å². The Bertz CT molecular complexity index is 1090. The van der Waals surface area contributed by atoms with E-state index in [1.54, 1.807) is 19.1 Å². The molecule has 0 spiro atoms. The van der Waals surface area contributed by atoms with Crippen LogP contribution < -0.4 is 15.0 Å². The smallest absolute Gasteiger partial charge is 0.159 e. The standard InChI is InChI=1S/C21H21ClF2N4O/c1-11-10-28(8-7-25-11)21-13-9-14(22)17(19(24)20(13)26-12(2)27-21)18-15(23)5-4-6-16(18)29-3/h4-6,9,11,25H,7-8,10H2,1-3H3. The minimum absolute atomic E-state index is 0.0204. The molecule has 0 aliphatic carbocycles. The number of ether oxygens (including phenoxy) is 1. The number of methoxy groups -OCH3 is 1. The van der Waals surface area contributed by atoms with Crippen molar-refractivity contribution >= 4 is 28.3 Å². The number of nitrogens with one attached hydrogen (secondary N) is 1. The number of anilines is 1. The highest BCUT2D eigenvalue weighted by atomic mass is 35.5. The van der Waals surface area contributed by atoms with Gasteiger partial charge in [0, 0.05) is 36.6 Å². The highest BCUT2D eigenvalue weighted by Gasteiger charge is 2.26. The van der Waals surface area contributed by atoms with Crippen LogP contribution in [0.25, 0.3) is 22.0 Å². The fourth-order valence-corrected chi connectivity index (χ4v) is 4.09. The first kappa shape index (κ1) is 19.8. The summed E-state index contributed by atoms with van der Waals surface area (Å²) in [6.45, 7) is 6.06. The largest absolute Gasteiger partial charge is 0.496 e. The second-order valence-electron chi connectivity index (χ2n) is 7.16. The van der Waals surface area contributed by atoms with E-state index in [2.05, 4.69) is 27.1 Å². The predicted molar refractivity (Wildman–Crippen MR) is 111 cm³/mol. The molecule has 0 bridgehead atoms. The number of nitrogens with zero attached hydrogens (tertiary/aromatic N) is 3. The van der Waals surface area contributed by atoms with Crippen molar-refractivity contribution in [2.45, 2.75) is 19.9 Å². The number of hydrogen-bond acceptors (Lipinski definition) is 5. The first-order valence-electron chi connectivity index (χ1n) is 9.38. The second-order valence-corrected chi connectivity index (χ2v) is 7.56. The van der Waals surface area contributed by atoms with Crippen LogP contribution in [-0.4, -0.2) is 42.8 Å². The number of fused-ring (bicyclic) bond motifs is 1. The summed E-state index contributed by atoms with van der Waals surface area (Å²) in [6, 6.07) is 6.20. The maximum atomic E-state index is 15.7. The van der Waals surface area contributed by atoms with Gasteiger partial charge in [0.1, 0.15) is 28.7 Å². The Hall–Kier alpha value is -2.51. The van der Waals surface area contributed by atoms with Gasteiger partial charge in [-0.2, -0.15) is 0 Å². The summed E-state index contributed by atoms with van der Waals surface area (Å²) in [7, 11) is 1.40. The first-order chi connectivity index (χ1) is 13.9. The van der Waals surface area contributed by atoms with Gasteiger partial charge in [0.25, 0.3) is 0 Å². The molecule has 29 heavy (non-hydrogen) atoms. The molecule has 0 amide bonds. The number of piperazine rings is 1. The molecular weight excluding hydrogens is 398 g/mol. The van der Waals surface area contributed by atoms with Gasteiger partial charge in [-0.25, -0.2) is 18.7 Å². The summed E-state index contributed by atoms with van der Waals surface area (Å²) in [5, 5.41) is 3.96. The average Bonchev–Trinajstić information content (AvgIpc) is 2.69. The van der Waals surface area contributed by atoms with Gasteiger partial charge in [0.2, 0.25) is 0 Å². The molecule has 1 saturated heterocycles. The van der Waals surface area contributed by atoms with E-state index in [-0.39, 0.29) is 33.5 Å². The Labute approximate surface area is 172 Å². The number of benzene rings is 2. The SMILES string of the molecule is COc1cccc(F)c1-c1c(Cl)cc2c(N3CCNC(C)C3)nc(C)nc2c1F. The normalized spacial score (nSPS) is 17.0. The van der Waals surface area contributed by atoms with Crippen molar-refractivity contribution < 1.29 is 13.5 Å². The molecule has 2 aromatic carbocycles. The van der Waals surface area contributed by atoms with Crippen molar-refractivity contribution in [2.24, 2.45) is 0 Å². The topological polar surface area (TPSA) is 50.3 Å². The van der Waals surface area contributed by atoms with Crippen LogP contribution >= 0.6 is 11.6 Å². The highest BCUT2D eigenvalue weighted by molar-refractivity contribution is 6.34. The molecule has 5 nitrogen and oxygen atoms in total. The summed E-state index contributed by atoms with van der Waals surface area (Å²) in [4.78, 5) is 11.0. The molecule has 2 heterocycles. The molecule has 1 atom stereocenters. The van der Waals surface area contributed by atoms with E-state index < -0.39 is 11.6 Å². The molecule has 1 unspecified atom stereocenters. The molecule has 1 aliphatic heterocycles. The van der Waals surface area contributed by atoms with E-state index in [4.69, 9.17) is 16.3 Å². The summed E-state index contributed by atoms with van der Waals surface area (Å²) < 4.78 is 35.6. The quantitative estimate of drug-likeness (QED) is 0.685. The van der Waals surface area contributed by atoms with Gasteiger partial charge in [0.05, 0.1) is 17.7 Å². The lowest BCUT2D eigenvalue weighted by atomic mass is 10.0. The Morgan fingerprint density at radius 3 is 2.76 bits per heavy atom. The summed E-state index contributed by atoms with van der Waals surface area (Å²) in [5.74, 6) is -0.0376. The molecule has 152 valence electrons. The summed E-state index contributed by atoms with van der Waals surface area (Å²) in [5.41, 5.74) is 0.0308. The Balaban J connectivity index is 1.98. The van der Waals surface area contributed by atoms with Crippen molar-refractivity contribution in [3.05, 3.63) is 46.7 Å². The molecule has 8 heteroatoms. The zero-order chi connectivity index (χ0) is 20.7. The van der Waals surface area contributed by atoms with Gasteiger partial charge in [-0.15, -0.1) is 0 Å². The number of aryl methyl sites for hydroxylation is 1. The van der Waals surface area contributed by atoms with Crippen LogP contribution in [0.1, 0.15) is 12.7 Å². The minimum Gasteiger partial charge on any atom is -0.496 e. The molecular formula is C21H21ClF2N4O. The maximum Gasteiger partial charge on any atom is 0.159 e. The van der Waals surface area contributed by atoms with Crippen molar-refractivity contribution in [3.8, 4) is 16.9 Å². The number of hydrogen-bond donors (Lipinski definition) is 1. The average molecular weight is 419 g/mol. The Morgan fingerprint density at radius 2 is 2.03 bits per heavy atom. The van der Waals surface area contributed by atoms with E-state index >= 15 is 4.39 Å². The Kier molecular flexibility index (Phi) is 5.27. The second kappa shape index (κ2) is 7.72. The first-order valence-corrected chi connectivity index (χ1v) is 9.76. The van der Waals surface area contributed by atoms with Crippen LogP contribution in [0.5, 0.6) is 5.75 Å². The lowest BCUT2D eigenvalue weighted by Gasteiger charge is -2.33. The summed E-state index contributed by atoms with van der Waals surface area (Å²) >= 11 is 6.47. The number of aromatic nitrogens is 2. The van der Waals surface area contributed by atoms with Crippen LogP contribution in [-0.2, 0) is 0 Å². The molecule has 4 rings (SSSR count). The number of rotatable bonds is 3. The van der Waals surface area contributed by atoms with E-state index in [0.29, 0.717) is 17.0 Å². The molecule has 1 N–H and O–H groups in total. The van der Waals surface area contributed by atoms with Crippen LogP contribution in [0.4, 0.5) is 14.6 Å². The van der Waals surface area contributed by atoms with E-state index in [1.165, 1.54) is 19.2 Å². The highest BCUT2D eigenvalue weighted by Crippen LogP contribution is 2.42. The zero-order valence-corrected chi connectivity index (χ0v) is 17.1. The third kappa shape index (κ3) is 3.49. The third-order valence-electron chi connectivity index (χ3n) is 5.09. The fourth-order valence-electron chi connectivity index (χ4n) is 3.80. The zero-order valence-electron chi connectivity index (χ0n) is 16.4. The van der Waals surface area contributed by atoms with Gasteiger partial charge in [-0.05, 0) is 32.0 Å². The lowest BCUT2D eigenvalue weighted by molar-refractivity contribution is 0.413. The van der Waals surface area contributed by atoms with Gasteiger partial charge >= 0.3 is 0 Å². The number of halogens is 3. The lowest BCUT2D eigenvalue weighted by Crippen LogP contribution is -2.49. The fraction of sp³-hybridized carbons (Fsp3) is 0.333. The molecule has 0 saturated carbocycles. The molecule has 3 aromatic rings. The summed E-state index contributed by atoms with van der Waals surface area (Å²) in [6.07, 6.45) is 0. The third-order valence-corrected chi connectivity index (χ3v) is 5.39. The Morgan fingerprint density at radius 1 is 1.24 bits per heavy atom. The van der Waals surface area contributed by atoms with Crippen LogP contribution in [0.15, 0.2) is 24.3 Å². The minimum atomic E-state index is -0.689. The van der Waals surface area contributed by atoms with E-state index in [9.17, 15) is 4.39 Å². The van der Waals surface area contributed by atoms with Crippen molar-refractivity contribution in [3.63, 3.8) is 0 Å². The van der Waals surface area contributed by atoms with Crippen molar-refractivity contribution in [1.82, 2.24) is 15.3 Å². The molecule has 1 aromatic heterocycles. The van der Waals surface area contributed by atoms with Gasteiger partial charge in [-0.3, -0.25) is 0 Å². The predicted octanol–water partition coefficient (Wildman–Crippen LogP) is 4.34.